The van der Waals surface area contributed by atoms with Crippen LogP contribution < -0.4 is 4.74 Å². The zero-order chi connectivity index (χ0) is 23.0. The van der Waals surface area contributed by atoms with E-state index >= 15 is 0 Å². The van der Waals surface area contributed by atoms with Gasteiger partial charge in [0.15, 0.2) is 0 Å². The number of benzene rings is 1. The van der Waals surface area contributed by atoms with Crippen LogP contribution in [0.3, 0.4) is 0 Å². The maximum absolute atomic E-state index is 5.88. The first-order valence-corrected chi connectivity index (χ1v) is 14.6. The molecular weight excluding hydrogens is 388 g/mol. The molecule has 0 aliphatic carbocycles. The molecule has 0 heterocycles. The van der Waals surface area contributed by atoms with Crippen LogP contribution in [0.15, 0.2) is 24.3 Å². The Bertz CT molecular complexity index is 478. The summed E-state index contributed by atoms with van der Waals surface area (Å²) in [6, 6.07) is 8.66. The topological polar surface area (TPSA) is 9.23 Å². The highest BCUT2D eigenvalue weighted by atomic mass is 16.5. The zero-order valence-corrected chi connectivity index (χ0v) is 22.0. The lowest BCUT2D eigenvalue weighted by molar-refractivity contribution is 0.304. The molecule has 32 heavy (non-hydrogen) atoms. The maximum atomic E-state index is 5.88. The van der Waals surface area contributed by atoms with E-state index in [1.165, 1.54) is 147 Å². The molecule has 0 spiro atoms. The van der Waals surface area contributed by atoms with Crippen molar-refractivity contribution in [2.45, 2.75) is 155 Å². The first kappa shape index (κ1) is 29.1. The monoisotopic (exact) mass is 444 g/mol. The molecule has 0 unspecified atom stereocenters. The quantitative estimate of drug-likeness (QED) is 0.144. The van der Waals surface area contributed by atoms with Crippen molar-refractivity contribution in [2.24, 2.45) is 0 Å². The van der Waals surface area contributed by atoms with Gasteiger partial charge in [-0.05, 0) is 30.5 Å². The van der Waals surface area contributed by atoms with E-state index in [1.807, 2.05) is 0 Å². The standard InChI is InChI=1S/C31H56O/c1-3-5-6-7-8-9-10-11-12-13-14-15-16-17-18-19-20-21-22-23-29-32-31-27-25-30(24-4-2)26-28-31/h25-28H,3-24,29H2,1-2H3. The van der Waals surface area contributed by atoms with Crippen LogP contribution in [0.5, 0.6) is 5.75 Å². The Hall–Kier alpha value is -0.980. The van der Waals surface area contributed by atoms with Gasteiger partial charge in [-0.2, -0.15) is 0 Å². The van der Waals surface area contributed by atoms with Gasteiger partial charge < -0.3 is 4.74 Å². The summed E-state index contributed by atoms with van der Waals surface area (Å²) < 4.78 is 5.88. The largest absolute Gasteiger partial charge is 0.494 e. The first-order chi connectivity index (χ1) is 15.9. The van der Waals surface area contributed by atoms with Gasteiger partial charge in [0.1, 0.15) is 5.75 Å². The third kappa shape index (κ3) is 18.6. The molecule has 1 aromatic rings. The number of hydrogen-bond acceptors (Lipinski definition) is 1. The number of rotatable bonds is 24. The smallest absolute Gasteiger partial charge is 0.119 e. The van der Waals surface area contributed by atoms with Crippen LogP contribution in [0.2, 0.25) is 0 Å². The minimum atomic E-state index is 0.867. The van der Waals surface area contributed by atoms with Crippen molar-refractivity contribution in [1.29, 1.82) is 0 Å². The number of ether oxygens (including phenoxy) is 1. The van der Waals surface area contributed by atoms with E-state index in [0.29, 0.717) is 0 Å². The Labute approximate surface area is 202 Å². The number of aryl methyl sites for hydroxylation is 1. The van der Waals surface area contributed by atoms with Crippen molar-refractivity contribution in [2.75, 3.05) is 6.61 Å². The molecule has 0 aliphatic rings. The van der Waals surface area contributed by atoms with Gasteiger partial charge in [0.25, 0.3) is 0 Å². The van der Waals surface area contributed by atoms with Gasteiger partial charge in [-0.1, -0.05) is 154 Å². The molecule has 0 amide bonds. The Balaban J connectivity index is 1.72. The Kier molecular flexibility index (Phi) is 21.1. The molecule has 1 rings (SSSR count). The van der Waals surface area contributed by atoms with Crippen LogP contribution in [0, 0.1) is 0 Å². The molecule has 0 aliphatic heterocycles. The number of unbranched alkanes of at least 4 members (excludes halogenated alkanes) is 19. The Morgan fingerprint density at radius 2 is 0.812 bits per heavy atom. The lowest BCUT2D eigenvalue weighted by atomic mass is 10.0. The molecule has 0 radical (unpaired) electrons. The van der Waals surface area contributed by atoms with Crippen molar-refractivity contribution < 1.29 is 4.74 Å². The molecule has 1 heteroatoms. The lowest BCUT2D eigenvalue weighted by Gasteiger charge is -2.07. The van der Waals surface area contributed by atoms with Crippen molar-refractivity contribution in [1.82, 2.24) is 0 Å². The van der Waals surface area contributed by atoms with Gasteiger partial charge in [-0.15, -0.1) is 0 Å². The molecule has 0 saturated heterocycles. The van der Waals surface area contributed by atoms with Crippen LogP contribution in [0.4, 0.5) is 0 Å². The second kappa shape index (κ2) is 23.2. The molecular formula is C31H56O. The van der Waals surface area contributed by atoms with Gasteiger partial charge in [0, 0.05) is 0 Å². The van der Waals surface area contributed by atoms with E-state index in [1.54, 1.807) is 0 Å². The molecule has 0 bridgehead atoms. The average Bonchev–Trinajstić information content (AvgIpc) is 2.81. The molecule has 0 atom stereocenters. The van der Waals surface area contributed by atoms with Gasteiger partial charge in [-0.3, -0.25) is 0 Å². The van der Waals surface area contributed by atoms with E-state index < -0.39 is 0 Å². The summed E-state index contributed by atoms with van der Waals surface area (Å²) in [6.07, 6.45) is 31.0. The van der Waals surface area contributed by atoms with E-state index in [4.69, 9.17) is 4.74 Å². The summed E-state index contributed by atoms with van der Waals surface area (Å²) in [5.74, 6) is 1.03. The first-order valence-electron chi connectivity index (χ1n) is 14.6. The summed E-state index contributed by atoms with van der Waals surface area (Å²) in [4.78, 5) is 0. The van der Waals surface area contributed by atoms with E-state index in [2.05, 4.69) is 38.1 Å². The van der Waals surface area contributed by atoms with Gasteiger partial charge in [0.05, 0.1) is 6.61 Å². The molecule has 0 aromatic heterocycles. The molecule has 1 aromatic carbocycles. The van der Waals surface area contributed by atoms with Crippen LogP contribution in [0.1, 0.15) is 154 Å². The third-order valence-corrected chi connectivity index (χ3v) is 6.73. The fourth-order valence-corrected chi connectivity index (χ4v) is 4.59. The molecule has 186 valence electrons. The average molecular weight is 445 g/mol. The maximum Gasteiger partial charge on any atom is 0.119 e. The Morgan fingerprint density at radius 3 is 1.19 bits per heavy atom. The summed E-state index contributed by atoms with van der Waals surface area (Å²) in [5, 5.41) is 0. The normalized spacial score (nSPS) is 11.2. The van der Waals surface area contributed by atoms with E-state index in [9.17, 15) is 0 Å². The van der Waals surface area contributed by atoms with Crippen molar-refractivity contribution in [3.8, 4) is 5.75 Å². The van der Waals surface area contributed by atoms with E-state index in [0.717, 1.165) is 12.4 Å². The summed E-state index contributed by atoms with van der Waals surface area (Å²) in [6.45, 7) is 5.39. The van der Waals surface area contributed by atoms with Gasteiger partial charge in [0.2, 0.25) is 0 Å². The minimum Gasteiger partial charge on any atom is -0.494 e. The highest BCUT2D eigenvalue weighted by molar-refractivity contribution is 5.27. The predicted octanol–water partition coefficient (Wildman–Crippen LogP) is 10.8. The molecule has 1 nitrogen and oxygen atoms in total. The minimum absolute atomic E-state index is 0.867. The lowest BCUT2D eigenvalue weighted by Crippen LogP contribution is -1.97. The highest BCUT2D eigenvalue weighted by Crippen LogP contribution is 2.16. The fraction of sp³-hybridized carbons (Fsp3) is 0.806. The fourth-order valence-electron chi connectivity index (χ4n) is 4.59. The number of hydrogen-bond donors (Lipinski definition) is 0. The predicted molar refractivity (Wildman–Crippen MR) is 144 cm³/mol. The van der Waals surface area contributed by atoms with Crippen LogP contribution in [-0.2, 0) is 6.42 Å². The highest BCUT2D eigenvalue weighted by Gasteiger charge is 1.97. The molecule has 0 N–H and O–H groups in total. The summed E-state index contributed by atoms with van der Waals surface area (Å²) in [5.41, 5.74) is 1.42. The Morgan fingerprint density at radius 1 is 0.438 bits per heavy atom. The second-order valence-corrected chi connectivity index (χ2v) is 9.96. The SMILES string of the molecule is CCCCCCCCCCCCCCCCCCCCCCOc1ccc(CCC)cc1. The van der Waals surface area contributed by atoms with Crippen LogP contribution in [0.25, 0.3) is 0 Å². The summed E-state index contributed by atoms with van der Waals surface area (Å²) >= 11 is 0. The second-order valence-electron chi connectivity index (χ2n) is 9.96. The van der Waals surface area contributed by atoms with Crippen LogP contribution in [-0.4, -0.2) is 6.61 Å². The van der Waals surface area contributed by atoms with Gasteiger partial charge in [-0.25, -0.2) is 0 Å². The van der Waals surface area contributed by atoms with Crippen LogP contribution >= 0.6 is 0 Å². The molecule has 0 saturated carbocycles. The molecule has 0 fully saturated rings. The third-order valence-electron chi connectivity index (χ3n) is 6.73. The van der Waals surface area contributed by atoms with Crippen molar-refractivity contribution >= 4 is 0 Å². The van der Waals surface area contributed by atoms with E-state index in [-0.39, 0.29) is 0 Å². The summed E-state index contributed by atoms with van der Waals surface area (Å²) in [7, 11) is 0. The van der Waals surface area contributed by atoms with Gasteiger partial charge >= 0.3 is 0 Å². The van der Waals surface area contributed by atoms with Crippen molar-refractivity contribution in [3.63, 3.8) is 0 Å². The zero-order valence-electron chi connectivity index (χ0n) is 22.0. The van der Waals surface area contributed by atoms with Crippen molar-refractivity contribution in [3.05, 3.63) is 29.8 Å².